The molecule has 18 heavy (non-hydrogen) atoms. The molecule has 102 valence electrons. The summed E-state index contributed by atoms with van der Waals surface area (Å²) in [5, 5.41) is 8.14. The number of aromatic nitrogens is 2. The molecule has 1 aromatic rings. The molecule has 0 spiro atoms. The van der Waals surface area contributed by atoms with Crippen molar-refractivity contribution in [1.29, 1.82) is 0 Å². The summed E-state index contributed by atoms with van der Waals surface area (Å²) < 4.78 is 2.18. The van der Waals surface area contributed by atoms with E-state index in [-0.39, 0.29) is 0 Å². The summed E-state index contributed by atoms with van der Waals surface area (Å²) in [5.41, 5.74) is 3.06. The van der Waals surface area contributed by atoms with Crippen LogP contribution >= 0.6 is 0 Å². The van der Waals surface area contributed by atoms with Crippen LogP contribution in [0, 0.1) is 12.3 Å². The predicted molar refractivity (Wildman–Crippen MR) is 75.8 cm³/mol. The Labute approximate surface area is 111 Å². The third kappa shape index (κ3) is 2.94. The van der Waals surface area contributed by atoms with Crippen molar-refractivity contribution in [2.24, 2.45) is 5.41 Å². The van der Waals surface area contributed by atoms with Crippen LogP contribution < -0.4 is 5.32 Å². The molecule has 0 bridgehead atoms. The summed E-state index contributed by atoms with van der Waals surface area (Å²) >= 11 is 0. The van der Waals surface area contributed by atoms with Crippen LogP contribution in [-0.4, -0.2) is 22.9 Å². The highest BCUT2D eigenvalue weighted by molar-refractivity contribution is 5.12. The molecule has 1 fully saturated rings. The molecule has 1 aliphatic rings. The number of rotatable bonds is 6. The van der Waals surface area contributed by atoms with E-state index in [0.29, 0.717) is 5.41 Å². The summed E-state index contributed by atoms with van der Waals surface area (Å²) in [4.78, 5) is 0. The summed E-state index contributed by atoms with van der Waals surface area (Å²) in [6.45, 7) is 9.71. The first-order valence-corrected chi connectivity index (χ1v) is 7.43. The molecule has 1 heterocycles. The van der Waals surface area contributed by atoms with E-state index in [0.717, 1.165) is 25.3 Å². The smallest absolute Gasteiger partial charge is 0.0596 e. The van der Waals surface area contributed by atoms with Crippen molar-refractivity contribution in [3.63, 3.8) is 0 Å². The summed E-state index contributed by atoms with van der Waals surface area (Å²) in [6.07, 6.45) is 6.71. The van der Waals surface area contributed by atoms with Gasteiger partial charge in [0.15, 0.2) is 0 Å². The van der Waals surface area contributed by atoms with Crippen molar-refractivity contribution in [1.82, 2.24) is 15.1 Å². The SMILES string of the molecule is CCNCC1(Cc2cc(C)nn2CC)CCCC1. The van der Waals surface area contributed by atoms with E-state index in [9.17, 15) is 0 Å². The Bertz CT molecular complexity index is 375. The van der Waals surface area contributed by atoms with Crippen molar-refractivity contribution >= 4 is 0 Å². The number of aryl methyl sites for hydroxylation is 2. The van der Waals surface area contributed by atoms with E-state index in [1.165, 1.54) is 37.8 Å². The van der Waals surface area contributed by atoms with Crippen LogP contribution in [0.5, 0.6) is 0 Å². The highest BCUT2D eigenvalue weighted by atomic mass is 15.3. The van der Waals surface area contributed by atoms with E-state index in [1.807, 2.05) is 0 Å². The zero-order valence-electron chi connectivity index (χ0n) is 12.1. The van der Waals surface area contributed by atoms with E-state index in [4.69, 9.17) is 0 Å². The van der Waals surface area contributed by atoms with Gasteiger partial charge >= 0.3 is 0 Å². The Balaban J connectivity index is 2.12. The fraction of sp³-hybridized carbons (Fsp3) is 0.800. The molecular weight excluding hydrogens is 222 g/mol. The largest absolute Gasteiger partial charge is 0.316 e. The Morgan fingerprint density at radius 3 is 2.67 bits per heavy atom. The Kier molecular flexibility index (Phi) is 4.44. The molecule has 0 unspecified atom stereocenters. The molecule has 1 saturated carbocycles. The van der Waals surface area contributed by atoms with E-state index in [1.54, 1.807) is 0 Å². The lowest BCUT2D eigenvalue weighted by molar-refractivity contribution is 0.272. The fourth-order valence-corrected chi connectivity index (χ4v) is 3.33. The molecule has 1 N–H and O–H groups in total. The van der Waals surface area contributed by atoms with Gasteiger partial charge in [0.1, 0.15) is 0 Å². The maximum absolute atomic E-state index is 4.58. The third-order valence-electron chi connectivity index (χ3n) is 4.26. The number of hydrogen-bond donors (Lipinski definition) is 1. The molecule has 1 aromatic heterocycles. The Morgan fingerprint density at radius 1 is 1.33 bits per heavy atom. The number of nitrogens with one attached hydrogen (secondary N) is 1. The molecule has 0 atom stereocenters. The molecule has 3 heteroatoms. The van der Waals surface area contributed by atoms with Crippen LogP contribution in [0.1, 0.15) is 50.9 Å². The van der Waals surface area contributed by atoms with Crippen LogP contribution in [0.4, 0.5) is 0 Å². The normalized spacial score (nSPS) is 18.4. The second-order valence-electron chi connectivity index (χ2n) is 5.76. The first-order valence-electron chi connectivity index (χ1n) is 7.43. The third-order valence-corrected chi connectivity index (χ3v) is 4.26. The highest BCUT2D eigenvalue weighted by Crippen LogP contribution is 2.40. The molecule has 2 rings (SSSR count). The van der Waals surface area contributed by atoms with E-state index in [2.05, 4.69) is 41.9 Å². The van der Waals surface area contributed by atoms with Gasteiger partial charge in [0.25, 0.3) is 0 Å². The predicted octanol–water partition coefficient (Wildman–Crippen LogP) is 2.92. The topological polar surface area (TPSA) is 29.9 Å². The minimum Gasteiger partial charge on any atom is -0.316 e. The number of nitrogens with zero attached hydrogens (tertiary/aromatic N) is 2. The second kappa shape index (κ2) is 5.87. The zero-order chi connectivity index (χ0) is 13.0. The first kappa shape index (κ1) is 13.6. The van der Waals surface area contributed by atoms with Gasteiger partial charge in [-0.3, -0.25) is 4.68 Å². The summed E-state index contributed by atoms with van der Waals surface area (Å²) in [5.74, 6) is 0. The summed E-state index contributed by atoms with van der Waals surface area (Å²) in [7, 11) is 0. The highest BCUT2D eigenvalue weighted by Gasteiger charge is 2.34. The maximum Gasteiger partial charge on any atom is 0.0596 e. The quantitative estimate of drug-likeness (QED) is 0.840. The molecule has 0 aliphatic heterocycles. The van der Waals surface area contributed by atoms with Crippen LogP contribution in [0.3, 0.4) is 0 Å². The van der Waals surface area contributed by atoms with Crippen molar-refractivity contribution in [3.8, 4) is 0 Å². The standard InChI is InChI=1S/C15H27N3/c1-4-16-12-15(8-6-7-9-15)11-14-10-13(3)17-18(14)5-2/h10,16H,4-9,11-12H2,1-3H3. The lowest BCUT2D eigenvalue weighted by atomic mass is 9.81. The molecule has 3 nitrogen and oxygen atoms in total. The molecule has 0 radical (unpaired) electrons. The molecule has 1 aliphatic carbocycles. The van der Waals surface area contributed by atoms with Gasteiger partial charge in [-0.2, -0.15) is 5.10 Å². The average Bonchev–Trinajstić information content (AvgIpc) is 2.95. The van der Waals surface area contributed by atoms with Gasteiger partial charge in [-0.1, -0.05) is 19.8 Å². The minimum atomic E-state index is 0.482. The van der Waals surface area contributed by atoms with E-state index < -0.39 is 0 Å². The number of hydrogen-bond acceptors (Lipinski definition) is 2. The maximum atomic E-state index is 4.58. The lowest BCUT2D eigenvalue weighted by Gasteiger charge is -2.29. The van der Waals surface area contributed by atoms with Gasteiger partial charge in [-0.15, -0.1) is 0 Å². The van der Waals surface area contributed by atoms with Gasteiger partial charge in [0.2, 0.25) is 0 Å². The van der Waals surface area contributed by atoms with Gasteiger partial charge < -0.3 is 5.32 Å². The fourth-order valence-electron chi connectivity index (χ4n) is 3.33. The minimum absolute atomic E-state index is 0.482. The second-order valence-corrected chi connectivity index (χ2v) is 5.76. The zero-order valence-corrected chi connectivity index (χ0v) is 12.1. The lowest BCUT2D eigenvalue weighted by Crippen LogP contribution is -2.34. The van der Waals surface area contributed by atoms with Gasteiger partial charge in [0.05, 0.1) is 5.69 Å². The monoisotopic (exact) mass is 249 g/mol. The van der Waals surface area contributed by atoms with Gasteiger partial charge in [0, 0.05) is 18.8 Å². The molecule has 0 amide bonds. The van der Waals surface area contributed by atoms with Crippen LogP contribution in [0.2, 0.25) is 0 Å². The van der Waals surface area contributed by atoms with Gasteiger partial charge in [-0.25, -0.2) is 0 Å². The summed E-state index contributed by atoms with van der Waals surface area (Å²) in [6, 6.07) is 2.27. The van der Waals surface area contributed by atoms with Gasteiger partial charge in [-0.05, 0) is 51.1 Å². The molecular formula is C15H27N3. The Hall–Kier alpha value is -0.830. The van der Waals surface area contributed by atoms with Crippen LogP contribution in [-0.2, 0) is 13.0 Å². The molecule has 0 saturated heterocycles. The van der Waals surface area contributed by atoms with Crippen molar-refractivity contribution < 1.29 is 0 Å². The van der Waals surface area contributed by atoms with Crippen molar-refractivity contribution in [2.45, 2.75) is 59.4 Å². The van der Waals surface area contributed by atoms with Crippen LogP contribution in [0.25, 0.3) is 0 Å². The van der Waals surface area contributed by atoms with Crippen LogP contribution in [0.15, 0.2) is 6.07 Å². The Morgan fingerprint density at radius 2 is 2.06 bits per heavy atom. The average molecular weight is 249 g/mol. The first-order chi connectivity index (χ1) is 8.69. The van der Waals surface area contributed by atoms with Crippen molar-refractivity contribution in [3.05, 3.63) is 17.5 Å². The van der Waals surface area contributed by atoms with Crippen molar-refractivity contribution in [2.75, 3.05) is 13.1 Å². The van der Waals surface area contributed by atoms with E-state index >= 15 is 0 Å². The molecule has 0 aromatic carbocycles.